The molecule has 2 rings (SSSR count). The summed E-state index contributed by atoms with van der Waals surface area (Å²) in [6.45, 7) is 11.0. The van der Waals surface area contributed by atoms with Gasteiger partial charge in [-0.05, 0) is 40.7 Å². The van der Waals surface area contributed by atoms with Gasteiger partial charge >= 0.3 is 0 Å². The molecular formula is C12H18O. The lowest BCUT2D eigenvalue weighted by molar-refractivity contribution is 0.183. The first-order valence-electron chi connectivity index (χ1n) is 4.99. The highest BCUT2D eigenvalue weighted by Crippen LogP contribution is 2.69. The first kappa shape index (κ1) is 8.86. The van der Waals surface area contributed by atoms with E-state index in [9.17, 15) is 5.11 Å². The van der Waals surface area contributed by atoms with Crippen molar-refractivity contribution in [1.29, 1.82) is 0 Å². The second-order valence-corrected chi connectivity index (χ2v) is 5.21. The molecule has 0 aromatic rings. The Morgan fingerprint density at radius 3 is 2.38 bits per heavy atom. The Kier molecular flexibility index (Phi) is 1.50. The Bertz CT molecular complexity index is 298. The van der Waals surface area contributed by atoms with Crippen LogP contribution in [-0.2, 0) is 0 Å². The van der Waals surface area contributed by atoms with Crippen LogP contribution in [0.3, 0.4) is 0 Å². The molecule has 0 spiro atoms. The van der Waals surface area contributed by atoms with Crippen molar-refractivity contribution in [3.05, 3.63) is 24.0 Å². The largest absolute Gasteiger partial charge is 0.515 e. The SMILES string of the molecule is C=C1/C(=C/O)[C@H]2CC[C@]1(C)C2(C)C. The van der Waals surface area contributed by atoms with Crippen LogP contribution in [0.15, 0.2) is 24.0 Å². The lowest BCUT2D eigenvalue weighted by atomic mass is 9.69. The lowest BCUT2D eigenvalue weighted by Gasteiger charge is -2.34. The van der Waals surface area contributed by atoms with Gasteiger partial charge in [-0.25, -0.2) is 0 Å². The molecule has 2 atom stereocenters. The topological polar surface area (TPSA) is 20.2 Å². The van der Waals surface area contributed by atoms with Crippen molar-refractivity contribution < 1.29 is 5.11 Å². The Labute approximate surface area is 80.2 Å². The molecule has 1 nitrogen and oxygen atoms in total. The van der Waals surface area contributed by atoms with Crippen molar-refractivity contribution in [2.24, 2.45) is 16.7 Å². The van der Waals surface area contributed by atoms with Gasteiger partial charge in [0.25, 0.3) is 0 Å². The van der Waals surface area contributed by atoms with E-state index in [0.717, 1.165) is 11.1 Å². The zero-order valence-electron chi connectivity index (χ0n) is 8.72. The van der Waals surface area contributed by atoms with Crippen molar-refractivity contribution in [3.8, 4) is 0 Å². The van der Waals surface area contributed by atoms with Gasteiger partial charge in [-0.15, -0.1) is 0 Å². The minimum Gasteiger partial charge on any atom is -0.515 e. The molecule has 2 aliphatic carbocycles. The molecule has 0 aliphatic heterocycles. The van der Waals surface area contributed by atoms with Crippen LogP contribution in [-0.4, -0.2) is 5.11 Å². The molecule has 0 heterocycles. The van der Waals surface area contributed by atoms with Crippen LogP contribution >= 0.6 is 0 Å². The summed E-state index contributed by atoms with van der Waals surface area (Å²) in [6, 6.07) is 0. The maximum Gasteiger partial charge on any atom is 0.0829 e. The van der Waals surface area contributed by atoms with Crippen LogP contribution in [0.1, 0.15) is 33.6 Å². The van der Waals surface area contributed by atoms with Gasteiger partial charge in [-0.3, -0.25) is 0 Å². The van der Waals surface area contributed by atoms with Gasteiger partial charge < -0.3 is 5.11 Å². The standard InChI is InChI=1S/C12H18O/c1-8-9(7-13)10-5-6-12(8,4)11(10,2)3/h7,10,13H,1,5-6H2,2-4H3/b9-7-/t10-,12+/m1/s1. The van der Waals surface area contributed by atoms with Gasteiger partial charge in [0.05, 0.1) is 6.26 Å². The summed E-state index contributed by atoms with van der Waals surface area (Å²) < 4.78 is 0. The summed E-state index contributed by atoms with van der Waals surface area (Å²) in [6.07, 6.45) is 3.70. The smallest absolute Gasteiger partial charge is 0.0829 e. The van der Waals surface area contributed by atoms with Crippen molar-refractivity contribution in [2.45, 2.75) is 33.6 Å². The molecule has 0 radical (unpaired) electrons. The monoisotopic (exact) mass is 178 g/mol. The van der Waals surface area contributed by atoms with Crippen LogP contribution in [0.25, 0.3) is 0 Å². The number of aliphatic hydroxyl groups excluding tert-OH is 1. The van der Waals surface area contributed by atoms with Crippen LogP contribution in [0.2, 0.25) is 0 Å². The third kappa shape index (κ3) is 0.738. The molecule has 0 amide bonds. The molecule has 2 saturated carbocycles. The van der Waals surface area contributed by atoms with E-state index in [-0.39, 0.29) is 10.8 Å². The summed E-state index contributed by atoms with van der Waals surface area (Å²) >= 11 is 0. The van der Waals surface area contributed by atoms with Gasteiger partial charge in [-0.1, -0.05) is 27.4 Å². The molecule has 1 N–H and O–H groups in total. The molecule has 0 aromatic carbocycles. The third-order valence-electron chi connectivity index (χ3n) is 4.76. The molecule has 0 unspecified atom stereocenters. The Balaban J connectivity index is 2.57. The predicted molar refractivity (Wildman–Crippen MR) is 54.5 cm³/mol. The fraction of sp³-hybridized carbons (Fsp3) is 0.667. The second kappa shape index (κ2) is 2.20. The Morgan fingerprint density at radius 2 is 2.08 bits per heavy atom. The van der Waals surface area contributed by atoms with Crippen LogP contribution in [0.5, 0.6) is 0 Å². The van der Waals surface area contributed by atoms with Gasteiger partial charge in [-0.2, -0.15) is 0 Å². The summed E-state index contributed by atoms with van der Waals surface area (Å²) in [5.41, 5.74) is 2.75. The number of rotatable bonds is 0. The summed E-state index contributed by atoms with van der Waals surface area (Å²) in [7, 11) is 0. The number of allylic oxidation sites excluding steroid dienone is 2. The molecule has 2 fully saturated rings. The summed E-state index contributed by atoms with van der Waals surface area (Å²) in [5, 5.41) is 9.18. The zero-order valence-corrected chi connectivity index (χ0v) is 8.72. The van der Waals surface area contributed by atoms with E-state index in [1.165, 1.54) is 19.1 Å². The number of fused-ring (bicyclic) bond motifs is 2. The third-order valence-corrected chi connectivity index (χ3v) is 4.76. The van der Waals surface area contributed by atoms with Crippen molar-refractivity contribution in [3.63, 3.8) is 0 Å². The minimum absolute atomic E-state index is 0.215. The van der Waals surface area contributed by atoms with Crippen LogP contribution < -0.4 is 0 Å². The minimum atomic E-state index is 0.215. The summed E-state index contributed by atoms with van der Waals surface area (Å²) in [5.74, 6) is 0.523. The quantitative estimate of drug-likeness (QED) is 0.563. The van der Waals surface area contributed by atoms with Crippen molar-refractivity contribution in [2.75, 3.05) is 0 Å². The Morgan fingerprint density at radius 1 is 1.46 bits per heavy atom. The van der Waals surface area contributed by atoms with E-state index in [2.05, 4.69) is 27.4 Å². The van der Waals surface area contributed by atoms with Gasteiger partial charge in [0.2, 0.25) is 0 Å². The fourth-order valence-electron chi connectivity index (χ4n) is 3.28. The number of aliphatic hydroxyl groups is 1. The highest BCUT2D eigenvalue weighted by atomic mass is 16.2. The highest BCUT2D eigenvalue weighted by molar-refractivity contribution is 5.47. The molecule has 1 heteroatoms. The van der Waals surface area contributed by atoms with E-state index < -0.39 is 0 Å². The zero-order chi connectivity index (χ0) is 9.85. The van der Waals surface area contributed by atoms with E-state index in [4.69, 9.17) is 0 Å². The van der Waals surface area contributed by atoms with Crippen LogP contribution in [0, 0.1) is 16.7 Å². The van der Waals surface area contributed by atoms with Crippen LogP contribution in [0.4, 0.5) is 0 Å². The molecule has 0 saturated heterocycles. The average Bonchev–Trinajstić information content (AvgIpc) is 2.36. The molecule has 2 aliphatic rings. The average molecular weight is 178 g/mol. The van der Waals surface area contributed by atoms with Gasteiger partial charge in [0.1, 0.15) is 0 Å². The van der Waals surface area contributed by atoms with Gasteiger partial charge in [0.15, 0.2) is 0 Å². The number of hydrogen-bond donors (Lipinski definition) is 1. The Hall–Kier alpha value is -0.720. The van der Waals surface area contributed by atoms with E-state index >= 15 is 0 Å². The molecule has 0 aromatic heterocycles. The first-order chi connectivity index (χ1) is 5.95. The fourth-order valence-corrected chi connectivity index (χ4v) is 3.28. The first-order valence-corrected chi connectivity index (χ1v) is 4.99. The summed E-state index contributed by atoms with van der Waals surface area (Å²) in [4.78, 5) is 0. The van der Waals surface area contributed by atoms with E-state index in [1.54, 1.807) is 0 Å². The molecule has 2 bridgehead atoms. The van der Waals surface area contributed by atoms with Crippen molar-refractivity contribution in [1.82, 2.24) is 0 Å². The predicted octanol–water partition coefficient (Wildman–Crippen LogP) is 3.44. The van der Waals surface area contributed by atoms with E-state index in [1.807, 2.05) is 0 Å². The van der Waals surface area contributed by atoms with Gasteiger partial charge in [0, 0.05) is 0 Å². The lowest BCUT2D eigenvalue weighted by Crippen LogP contribution is -2.27. The van der Waals surface area contributed by atoms with E-state index in [0.29, 0.717) is 5.92 Å². The molecule has 72 valence electrons. The number of hydrogen-bond acceptors (Lipinski definition) is 1. The normalized spacial score (nSPS) is 44.7. The second-order valence-electron chi connectivity index (χ2n) is 5.21. The van der Waals surface area contributed by atoms with Crippen molar-refractivity contribution >= 4 is 0 Å². The maximum atomic E-state index is 9.18. The molecule has 13 heavy (non-hydrogen) atoms. The highest BCUT2D eigenvalue weighted by Gasteiger charge is 2.60. The molecular weight excluding hydrogens is 160 g/mol. The maximum absolute atomic E-state index is 9.18.